The molecule has 19 heteroatoms. The Morgan fingerprint density at radius 3 is 2.17 bits per heavy atom. The Bertz CT molecular complexity index is 1280. The predicted octanol–water partition coefficient (Wildman–Crippen LogP) is 3.42. The third-order valence-electron chi connectivity index (χ3n) is 5.24. The molecule has 0 atom stereocenters. The maximum atomic E-state index is 10.6. The summed E-state index contributed by atoms with van der Waals surface area (Å²) in [5.41, 5.74) is 4.43. The number of carbonyl (C=O) groups is 2. The first-order valence-electron chi connectivity index (χ1n) is 12.0. The van der Waals surface area contributed by atoms with E-state index < -0.39 is 24.3 Å². The van der Waals surface area contributed by atoms with Crippen molar-refractivity contribution in [3.05, 3.63) is 42.1 Å². The number of aromatic nitrogens is 6. The number of hydrogen-bond acceptors (Lipinski definition) is 10. The lowest BCUT2D eigenvalue weighted by Crippen LogP contribution is -2.21. The minimum atomic E-state index is -5.08. The minimum absolute atomic E-state index is 0.810. The molecule has 3 heterocycles. The standard InChI is InChI=1S/C19H24N8S.2C2HF3O2/c1-26-19(23-24-25-26)28-10-7-20-13-15-5-4-6-16(11-15)18-12-17(14-21-22-18)27-8-2-3-9-27;2*3-2(4,5)1(6)7/h4-6,11-12,14,20H,2-3,7-10,13H2,1H3;2*(H,6,7). The van der Waals surface area contributed by atoms with E-state index in [9.17, 15) is 26.3 Å². The highest BCUT2D eigenvalue weighted by Gasteiger charge is 2.38. The Hall–Kier alpha value is -4.00. The molecule has 1 aromatic carbocycles. The first-order chi connectivity index (χ1) is 19.7. The molecule has 12 nitrogen and oxygen atoms in total. The van der Waals surface area contributed by atoms with Crippen LogP contribution in [0.2, 0.25) is 0 Å². The largest absolute Gasteiger partial charge is 0.490 e. The zero-order valence-corrected chi connectivity index (χ0v) is 22.7. The summed E-state index contributed by atoms with van der Waals surface area (Å²) in [5.74, 6) is -4.60. The van der Waals surface area contributed by atoms with Gasteiger partial charge in [-0.2, -0.15) is 36.5 Å². The summed E-state index contributed by atoms with van der Waals surface area (Å²) in [5, 5.41) is 38.6. The van der Waals surface area contributed by atoms with Crippen LogP contribution in [0.3, 0.4) is 0 Å². The molecule has 1 saturated heterocycles. The van der Waals surface area contributed by atoms with Crippen LogP contribution in [0.25, 0.3) is 11.3 Å². The number of nitrogens with one attached hydrogen (secondary N) is 1. The lowest BCUT2D eigenvalue weighted by molar-refractivity contribution is -0.193. The predicted molar refractivity (Wildman–Crippen MR) is 138 cm³/mol. The van der Waals surface area contributed by atoms with E-state index in [2.05, 4.69) is 66.3 Å². The SMILES string of the molecule is Cn1nnnc1SCCNCc1cccc(-c2cc(N3CCCC3)cnn2)c1.O=C(O)C(F)(F)F.O=C(O)C(F)(F)F. The number of tetrazole rings is 1. The first-order valence-corrected chi connectivity index (χ1v) is 13.0. The molecular formula is C23H26F6N8O4S. The molecule has 0 bridgehead atoms. The number of alkyl halides is 6. The Morgan fingerprint density at radius 2 is 1.62 bits per heavy atom. The van der Waals surface area contributed by atoms with Crippen LogP contribution in [-0.2, 0) is 23.2 Å². The highest BCUT2D eigenvalue weighted by Crippen LogP contribution is 2.25. The third kappa shape index (κ3) is 11.9. The molecule has 3 N–H and O–H groups in total. The van der Waals surface area contributed by atoms with Crippen LogP contribution in [0, 0.1) is 0 Å². The molecule has 0 aliphatic carbocycles. The van der Waals surface area contributed by atoms with Crippen molar-refractivity contribution in [2.45, 2.75) is 36.9 Å². The highest BCUT2D eigenvalue weighted by atomic mass is 32.2. The number of benzene rings is 1. The molecule has 0 radical (unpaired) electrons. The molecule has 1 fully saturated rings. The van der Waals surface area contributed by atoms with Gasteiger partial charge >= 0.3 is 24.3 Å². The van der Waals surface area contributed by atoms with Crippen LogP contribution >= 0.6 is 11.8 Å². The average molecular weight is 625 g/mol. The average Bonchev–Trinajstić information content (AvgIpc) is 3.61. The molecule has 42 heavy (non-hydrogen) atoms. The van der Waals surface area contributed by atoms with Gasteiger partial charge < -0.3 is 20.4 Å². The quantitative estimate of drug-likeness (QED) is 0.191. The van der Waals surface area contributed by atoms with Gasteiger partial charge in [0, 0.05) is 44.5 Å². The molecule has 0 amide bonds. The summed E-state index contributed by atoms with van der Waals surface area (Å²) in [7, 11) is 1.85. The van der Waals surface area contributed by atoms with Crippen molar-refractivity contribution in [2.24, 2.45) is 7.05 Å². The molecule has 2 aromatic heterocycles. The minimum Gasteiger partial charge on any atom is -0.475 e. The number of rotatable bonds is 8. The molecule has 1 aliphatic rings. The van der Waals surface area contributed by atoms with E-state index in [0.29, 0.717) is 0 Å². The van der Waals surface area contributed by atoms with Gasteiger partial charge in [-0.05, 0) is 41.0 Å². The molecule has 1 aliphatic heterocycles. The van der Waals surface area contributed by atoms with Crippen molar-refractivity contribution in [1.82, 2.24) is 35.7 Å². The number of nitrogens with zero attached hydrogens (tertiary/aromatic N) is 7. The summed E-state index contributed by atoms with van der Waals surface area (Å²) in [6, 6.07) is 10.6. The summed E-state index contributed by atoms with van der Waals surface area (Å²) in [6.07, 6.45) is -5.79. The van der Waals surface area contributed by atoms with Gasteiger partial charge in [0.15, 0.2) is 0 Å². The van der Waals surface area contributed by atoms with Gasteiger partial charge in [-0.3, -0.25) is 0 Å². The van der Waals surface area contributed by atoms with Crippen molar-refractivity contribution in [3.63, 3.8) is 0 Å². The highest BCUT2D eigenvalue weighted by molar-refractivity contribution is 7.99. The summed E-state index contributed by atoms with van der Waals surface area (Å²) in [4.78, 5) is 20.2. The fraction of sp³-hybridized carbons (Fsp3) is 0.435. The van der Waals surface area contributed by atoms with E-state index in [1.807, 2.05) is 13.2 Å². The van der Waals surface area contributed by atoms with Crippen LogP contribution in [-0.4, -0.2) is 90.3 Å². The van der Waals surface area contributed by atoms with Gasteiger partial charge in [0.25, 0.3) is 0 Å². The molecule has 0 spiro atoms. The van der Waals surface area contributed by atoms with Crippen LogP contribution < -0.4 is 10.2 Å². The molecule has 4 rings (SSSR count). The number of aliphatic carboxylic acids is 2. The van der Waals surface area contributed by atoms with Gasteiger partial charge in [-0.1, -0.05) is 30.0 Å². The van der Waals surface area contributed by atoms with Gasteiger partial charge in [0.1, 0.15) is 0 Å². The van der Waals surface area contributed by atoms with Crippen molar-refractivity contribution < 1.29 is 46.1 Å². The third-order valence-corrected chi connectivity index (χ3v) is 6.25. The van der Waals surface area contributed by atoms with Crippen LogP contribution in [0.4, 0.5) is 32.0 Å². The Morgan fingerprint density at radius 1 is 1.00 bits per heavy atom. The monoisotopic (exact) mass is 624 g/mol. The fourth-order valence-corrected chi connectivity index (χ4v) is 4.02. The zero-order valence-electron chi connectivity index (χ0n) is 21.9. The molecule has 0 saturated carbocycles. The first kappa shape index (κ1) is 34.2. The Labute approximate surface area is 239 Å². The topological polar surface area (TPSA) is 159 Å². The van der Waals surface area contributed by atoms with Crippen LogP contribution in [0.15, 0.2) is 41.7 Å². The normalized spacial score (nSPS) is 13.1. The number of aryl methyl sites for hydroxylation is 1. The van der Waals surface area contributed by atoms with Crippen molar-refractivity contribution in [3.8, 4) is 11.3 Å². The van der Waals surface area contributed by atoms with Crippen LogP contribution in [0.5, 0.6) is 0 Å². The molecule has 0 unspecified atom stereocenters. The van der Waals surface area contributed by atoms with E-state index in [1.165, 1.54) is 24.1 Å². The van der Waals surface area contributed by atoms with E-state index in [0.717, 1.165) is 48.3 Å². The lowest BCUT2D eigenvalue weighted by atomic mass is 10.1. The molecule has 3 aromatic rings. The lowest BCUT2D eigenvalue weighted by Gasteiger charge is -2.17. The zero-order chi connectivity index (χ0) is 31.3. The smallest absolute Gasteiger partial charge is 0.475 e. The van der Waals surface area contributed by atoms with E-state index in [4.69, 9.17) is 19.8 Å². The number of carboxylic acids is 2. The molecule has 230 valence electrons. The maximum absolute atomic E-state index is 10.6. The van der Waals surface area contributed by atoms with Crippen molar-refractivity contribution >= 4 is 29.4 Å². The van der Waals surface area contributed by atoms with Gasteiger partial charge in [-0.15, -0.1) is 5.10 Å². The van der Waals surface area contributed by atoms with E-state index >= 15 is 0 Å². The second kappa shape index (κ2) is 15.9. The van der Waals surface area contributed by atoms with Crippen LogP contribution in [0.1, 0.15) is 18.4 Å². The Kier molecular flexibility index (Phi) is 12.9. The van der Waals surface area contributed by atoms with E-state index in [-0.39, 0.29) is 0 Å². The molecular weight excluding hydrogens is 598 g/mol. The van der Waals surface area contributed by atoms with Crippen molar-refractivity contribution in [2.75, 3.05) is 30.3 Å². The second-order valence-electron chi connectivity index (χ2n) is 8.41. The number of carboxylic acid groups (broad SMARTS) is 2. The number of hydrogen-bond donors (Lipinski definition) is 3. The fourth-order valence-electron chi connectivity index (χ4n) is 3.28. The Balaban J connectivity index is 0.000000367. The van der Waals surface area contributed by atoms with Gasteiger partial charge in [0.2, 0.25) is 5.16 Å². The maximum Gasteiger partial charge on any atom is 0.490 e. The number of anilines is 1. The number of halogens is 6. The summed E-state index contributed by atoms with van der Waals surface area (Å²) >= 11 is 1.64. The van der Waals surface area contributed by atoms with E-state index in [1.54, 1.807) is 16.4 Å². The summed E-state index contributed by atoms with van der Waals surface area (Å²) < 4.78 is 65.2. The number of thioether (sulfide) groups is 1. The van der Waals surface area contributed by atoms with Gasteiger partial charge in [-0.25, -0.2) is 14.3 Å². The van der Waals surface area contributed by atoms with Gasteiger partial charge in [0.05, 0.1) is 17.6 Å². The summed E-state index contributed by atoms with van der Waals surface area (Å²) in [6.45, 7) is 3.91. The second-order valence-corrected chi connectivity index (χ2v) is 9.47. The van der Waals surface area contributed by atoms with Crippen molar-refractivity contribution in [1.29, 1.82) is 0 Å².